The topological polar surface area (TPSA) is 72.8 Å². The van der Waals surface area contributed by atoms with Crippen LogP contribution in [0.5, 0.6) is 0 Å². The van der Waals surface area contributed by atoms with Crippen LogP contribution in [-0.4, -0.2) is 43.3 Å². The van der Waals surface area contributed by atoms with Gasteiger partial charge in [0.15, 0.2) is 8.32 Å². The number of carbonyl (C=O) groups excluding carboxylic acids is 2. The number of ether oxygens (including phenoxy) is 1. The van der Waals surface area contributed by atoms with Gasteiger partial charge in [-0.15, -0.1) is 0 Å². The number of ketones is 2. The summed E-state index contributed by atoms with van der Waals surface area (Å²) in [6.07, 6.45) is 6.64. The number of hydrogen-bond donors (Lipinski definition) is 1. The van der Waals surface area contributed by atoms with Crippen LogP contribution >= 0.6 is 0 Å². The van der Waals surface area contributed by atoms with E-state index in [1.165, 1.54) is 0 Å². The van der Waals surface area contributed by atoms with Gasteiger partial charge in [-0.05, 0) is 68.7 Å². The summed E-state index contributed by atoms with van der Waals surface area (Å²) in [6.45, 7) is 13.9. The molecule has 0 aromatic rings. The van der Waals surface area contributed by atoms with E-state index in [1.54, 1.807) is 0 Å². The molecule has 0 amide bonds. The normalized spacial score (nSPS) is 46.0. The maximum Gasteiger partial charge on any atom is 0.192 e. The molecular formula is C26H40O5Si. The van der Waals surface area contributed by atoms with Gasteiger partial charge in [-0.1, -0.05) is 20.8 Å². The highest BCUT2D eigenvalue weighted by atomic mass is 28.4. The van der Waals surface area contributed by atoms with Crippen molar-refractivity contribution in [2.75, 3.05) is 6.61 Å². The van der Waals surface area contributed by atoms with Crippen LogP contribution in [0.4, 0.5) is 0 Å². The first-order chi connectivity index (χ1) is 14.8. The molecule has 5 rings (SSSR count). The molecule has 5 aliphatic rings. The fourth-order valence-corrected chi connectivity index (χ4v) is 9.18. The van der Waals surface area contributed by atoms with Gasteiger partial charge >= 0.3 is 0 Å². The van der Waals surface area contributed by atoms with E-state index in [1.807, 2.05) is 13.2 Å². The van der Waals surface area contributed by atoms with Crippen molar-refractivity contribution in [3.63, 3.8) is 0 Å². The maximum absolute atomic E-state index is 13.7. The van der Waals surface area contributed by atoms with Gasteiger partial charge in [0.05, 0.1) is 29.8 Å². The highest BCUT2D eigenvalue weighted by Crippen LogP contribution is 2.68. The van der Waals surface area contributed by atoms with Crippen molar-refractivity contribution in [2.24, 2.45) is 28.6 Å². The van der Waals surface area contributed by atoms with Crippen LogP contribution in [0.1, 0.15) is 72.6 Å². The number of allylic oxidation sites excluding steroid dienone is 1. The number of Topliss-reactive ketones (excluding diaryl/α,β-unsaturated/α-hetero) is 2. The molecule has 4 aliphatic carbocycles. The van der Waals surface area contributed by atoms with E-state index in [0.717, 1.165) is 24.8 Å². The highest BCUT2D eigenvalue weighted by Gasteiger charge is 2.72. The zero-order chi connectivity index (χ0) is 23.3. The lowest BCUT2D eigenvalue weighted by atomic mass is 9.41. The summed E-state index contributed by atoms with van der Waals surface area (Å²) < 4.78 is 12.9. The molecule has 0 aromatic carbocycles. The second kappa shape index (κ2) is 6.79. The molecule has 0 unspecified atom stereocenters. The standard InChI is InChI=1S/C26H40O5Si/c1-23(2,3)32(5,6)31-18-7-9-25-15-30-14-16-13-24(4)20(28)8-10-26(24,29)22(21(16)25)19(27)12-17(25)11-18/h14,17-18,21-22,29H,7-13,15H2,1-6H3/t17-,18+,21+,22-,24+,25-,26-/m1/s1. The second-order valence-corrected chi connectivity index (χ2v) is 17.9. The van der Waals surface area contributed by atoms with Crippen LogP contribution in [0.3, 0.4) is 0 Å². The summed E-state index contributed by atoms with van der Waals surface area (Å²) in [5, 5.41) is 12.1. The Hall–Kier alpha value is -0.983. The molecule has 6 heteroatoms. The van der Waals surface area contributed by atoms with E-state index in [9.17, 15) is 14.7 Å². The van der Waals surface area contributed by atoms with Crippen LogP contribution < -0.4 is 0 Å². The third kappa shape index (κ3) is 2.81. The summed E-state index contributed by atoms with van der Waals surface area (Å²) in [6, 6.07) is 0. The number of hydrogen-bond acceptors (Lipinski definition) is 5. The van der Waals surface area contributed by atoms with Gasteiger partial charge in [0.1, 0.15) is 11.6 Å². The first kappa shape index (κ1) is 22.8. The van der Waals surface area contributed by atoms with Crippen molar-refractivity contribution in [1.82, 2.24) is 0 Å². The van der Waals surface area contributed by atoms with Crippen molar-refractivity contribution in [1.29, 1.82) is 0 Å². The number of rotatable bonds is 2. The molecule has 178 valence electrons. The SMILES string of the molecule is CC(C)(C)[Si](C)(C)O[C@H]1CC[C@@]23COC=C4C[C@@]5(C)C(=O)CC[C@@]5(O)[C@H](C(=O)C[C@H]2C1)[C@H]43. The zero-order valence-corrected chi connectivity index (χ0v) is 21.6. The van der Waals surface area contributed by atoms with E-state index in [4.69, 9.17) is 9.16 Å². The van der Waals surface area contributed by atoms with E-state index in [0.29, 0.717) is 32.3 Å². The maximum atomic E-state index is 13.7. The Morgan fingerprint density at radius 1 is 1.19 bits per heavy atom. The van der Waals surface area contributed by atoms with Crippen LogP contribution in [0.25, 0.3) is 0 Å². The monoisotopic (exact) mass is 460 g/mol. The molecule has 5 nitrogen and oxygen atoms in total. The van der Waals surface area contributed by atoms with Crippen LogP contribution in [0.15, 0.2) is 11.8 Å². The number of carbonyl (C=O) groups is 2. The first-order valence-electron chi connectivity index (χ1n) is 12.5. The number of aliphatic hydroxyl groups is 1. The minimum Gasteiger partial charge on any atom is -0.501 e. The lowest BCUT2D eigenvalue weighted by molar-refractivity contribution is -0.201. The van der Waals surface area contributed by atoms with Gasteiger partial charge in [-0.25, -0.2) is 0 Å². The summed E-state index contributed by atoms with van der Waals surface area (Å²) in [4.78, 5) is 26.6. The molecule has 1 N–H and O–H groups in total. The molecule has 0 aromatic heterocycles. The van der Waals surface area contributed by atoms with Gasteiger partial charge in [0.2, 0.25) is 0 Å². The fourth-order valence-electron chi connectivity index (χ4n) is 7.78. The van der Waals surface area contributed by atoms with Crippen LogP contribution in [0, 0.1) is 28.6 Å². The third-order valence-corrected chi connectivity index (χ3v) is 15.2. The minimum absolute atomic E-state index is 0.000274. The Bertz CT molecular complexity index is 887. The molecule has 1 heterocycles. The quantitative estimate of drug-likeness (QED) is 0.600. The third-order valence-electron chi connectivity index (χ3n) is 10.7. The largest absolute Gasteiger partial charge is 0.501 e. The molecule has 32 heavy (non-hydrogen) atoms. The van der Waals surface area contributed by atoms with Crippen LogP contribution in [-0.2, 0) is 18.8 Å². The Labute approximate surface area is 193 Å². The van der Waals surface area contributed by atoms with E-state index in [-0.39, 0.29) is 40.0 Å². The molecule has 0 radical (unpaired) electrons. The second-order valence-electron chi connectivity index (χ2n) is 13.2. The van der Waals surface area contributed by atoms with Crippen molar-refractivity contribution >= 4 is 19.9 Å². The molecule has 4 saturated carbocycles. The summed E-state index contributed by atoms with van der Waals surface area (Å²) in [5.74, 6) is -0.00862. The van der Waals surface area contributed by atoms with Gasteiger partial charge in [-0.2, -0.15) is 0 Å². The summed E-state index contributed by atoms with van der Waals surface area (Å²) in [7, 11) is -1.89. The fraction of sp³-hybridized carbons (Fsp3) is 0.846. The molecule has 0 saturated heterocycles. The van der Waals surface area contributed by atoms with Gasteiger partial charge in [-0.3, -0.25) is 9.59 Å². The Balaban J connectivity index is 1.48. The lowest BCUT2D eigenvalue weighted by Crippen LogP contribution is -2.68. The van der Waals surface area contributed by atoms with Crippen molar-refractivity contribution in [3.05, 3.63) is 11.8 Å². The van der Waals surface area contributed by atoms with E-state index >= 15 is 0 Å². The molecule has 4 fully saturated rings. The molecule has 1 spiro atoms. The van der Waals surface area contributed by atoms with Gasteiger partial charge < -0.3 is 14.3 Å². The molecule has 0 bridgehead atoms. The molecule has 7 atom stereocenters. The minimum atomic E-state index is -1.89. The average molecular weight is 461 g/mol. The Kier molecular flexibility index (Phi) is 4.83. The highest BCUT2D eigenvalue weighted by molar-refractivity contribution is 6.74. The summed E-state index contributed by atoms with van der Waals surface area (Å²) >= 11 is 0. The van der Waals surface area contributed by atoms with Gasteiger partial charge in [0, 0.05) is 30.3 Å². The first-order valence-corrected chi connectivity index (χ1v) is 15.4. The molecule has 1 aliphatic heterocycles. The average Bonchev–Trinajstić information content (AvgIpc) is 2.91. The predicted octanol–water partition coefficient (Wildman–Crippen LogP) is 4.79. The Morgan fingerprint density at radius 2 is 1.91 bits per heavy atom. The zero-order valence-electron chi connectivity index (χ0n) is 20.6. The van der Waals surface area contributed by atoms with Crippen molar-refractivity contribution < 1.29 is 23.9 Å². The smallest absolute Gasteiger partial charge is 0.192 e. The summed E-state index contributed by atoms with van der Waals surface area (Å²) in [5.41, 5.74) is -1.12. The van der Waals surface area contributed by atoms with E-state index in [2.05, 4.69) is 33.9 Å². The Morgan fingerprint density at radius 3 is 2.59 bits per heavy atom. The van der Waals surface area contributed by atoms with Gasteiger partial charge in [0.25, 0.3) is 0 Å². The van der Waals surface area contributed by atoms with Crippen molar-refractivity contribution in [3.8, 4) is 0 Å². The van der Waals surface area contributed by atoms with E-state index < -0.39 is 25.3 Å². The lowest BCUT2D eigenvalue weighted by Gasteiger charge is -2.64. The molecular weight excluding hydrogens is 420 g/mol. The van der Waals surface area contributed by atoms with Crippen molar-refractivity contribution in [2.45, 2.75) is 102 Å². The van der Waals surface area contributed by atoms with Crippen LogP contribution in [0.2, 0.25) is 18.1 Å². The number of fused-ring (bicyclic) bond motifs is 2. The predicted molar refractivity (Wildman–Crippen MR) is 124 cm³/mol.